The monoisotopic (exact) mass is 258 g/mol. The van der Waals surface area contributed by atoms with Gasteiger partial charge in [0.2, 0.25) is 0 Å². The van der Waals surface area contributed by atoms with Crippen molar-refractivity contribution < 1.29 is 0 Å². The average Bonchev–Trinajstić information content (AvgIpc) is 2.82. The Morgan fingerprint density at radius 3 is 2.72 bits per heavy atom. The third kappa shape index (κ3) is 2.15. The summed E-state index contributed by atoms with van der Waals surface area (Å²) in [4.78, 5) is 0. The van der Waals surface area contributed by atoms with E-state index in [1.165, 1.54) is 0 Å². The number of halogens is 1. The summed E-state index contributed by atoms with van der Waals surface area (Å²) in [5.41, 5.74) is 1.86. The van der Waals surface area contributed by atoms with Crippen LogP contribution in [0.15, 0.2) is 48.7 Å². The lowest BCUT2D eigenvalue weighted by atomic mass is 10.3. The fourth-order valence-electron chi connectivity index (χ4n) is 1.76. The van der Waals surface area contributed by atoms with Gasteiger partial charge in [0.1, 0.15) is 0 Å². The number of rotatable bonds is 3. The minimum Gasteiger partial charge on any atom is -0.378 e. The minimum absolute atomic E-state index is 0.618. The van der Waals surface area contributed by atoms with E-state index in [0.717, 1.165) is 22.2 Å². The van der Waals surface area contributed by atoms with Crippen LogP contribution in [0.2, 0.25) is 5.02 Å². The zero-order valence-electron chi connectivity index (χ0n) is 9.55. The molecule has 1 aromatic carbocycles. The maximum atomic E-state index is 5.84. The Morgan fingerprint density at radius 1 is 1.06 bits per heavy atom. The van der Waals surface area contributed by atoms with Crippen molar-refractivity contribution in [1.29, 1.82) is 0 Å². The van der Waals surface area contributed by atoms with Gasteiger partial charge >= 0.3 is 0 Å². The highest BCUT2D eigenvalue weighted by atomic mass is 35.5. The number of anilines is 1. The molecule has 5 heteroatoms. The molecule has 0 aliphatic carbocycles. The number of hydrogen-bond acceptors (Lipinski definition) is 3. The minimum atomic E-state index is 0.618. The maximum Gasteiger partial charge on any atom is 0.160 e. The van der Waals surface area contributed by atoms with Crippen molar-refractivity contribution in [3.63, 3.8) is 0 Å². The molecule has 0 radical (unpaired) electrons. The van der Waals surface area contributed by atoms with Gasteiger partial charge < -0.3 is 5.32 Å². The van der Waals surface area contributed by atoms with Crippen LogP contribution in [0.1, 0.15) is 5.82 Å². The van der Waals surface area contributed by atoms with Crippen LogP contribution in [-0.2, 0) is 6.54 Å². The van der Waals surface area contributed by atoms with E-state index in [2.05, 4.69) is 15.5 Å². The number of fused-ring (bicyclic) bond motifs is 1. The summed E-state index contributed by atoms with van der Waals surface area (Å²) in [5, 5.41) is 12.3. The normalized spacial score (nSPS) is 10.7. The van der Waals surface area contributed by atoms with Crippen molar-refractivity contribution in [3.8, 4) is 0 Å². The smallest absolute Gasteiger partial charge is 0.160 e. The molecule has 0 saturated heterocycles. The largest absolute Gasteiger partial charge is 0.378 e. The van der Waals surface area contributed by atoms with Crippen molar-refractivity contribution in [2.45, 2.75) is 6.54 Å². The Balaban J connectivity index is 1.79. The molecule has 0 fully saturated rings. The maximum absolute atomic E-state index is 5.84. The molecule has 3 aromatic rings. The number of benzene rings is 1. The SMILES string of the molecule is Clc1ccc(NCc2nnc3ccccn23)cc1. The lowest BCUT2D eigenvalue weighted by Gasteiger charge is -2.05. The Hall–Kier alpha value is -2.07. The zero-order valence-corrected chi connectivity index (χ0v) is 10.3. The Bertz CT molecular complexity index is 660. The van der Waals surface area contributed by atoms with Gasteiger partial charge in [-0.15, -0.1) is 10.2 Å². The lowest BCUT2D eigenvalue weighted by molar-refractivity contribution is 0.918. The molecule has 2 heterocycles. The van der Waals surface area contributed by atoms with Gasteiger partial charge in [0.25, 0.3) is 0 Å². The number of hydrogen-bond donors (Lipinski definition) is 1. The number of nitrogens with zero attached hydrogens (tertiary/aromatic N) is 3. The van der Waals surface area contributed by atoms with E-state index in [4.69, 9.17) is 11.6 Å². The molecule has 0 atom stereocenters. The first kappa shape index (κ1) is 11.0. The molecule has 2 aromatic heterocycles. The standard InChI is InChI=1S/C13H11ClN4/c14-10-4-6-11(7-5-10)15-9-13-17-16-12-3-1-2-8-18(12)13/h1-8,15H,9H2. The third-order valence-corrected chi connectivity index (χ3v) is 2.93. The molecule has 0 aliphatic heterocycles. The van der Waals surface area contributed by atoms with Gasteiger partial charge in [0.05, 0.1) is 6.54 Å². The first-order valence-corrected chi connectivity index (χ1v) is 5.99. The van der Waals surface area contributed by atoms with E-state index in [1.807, 2.05) is 53.1 Å². The molecular formula is C13H11ClN4. The topological polar surface area (TPSA) is 42.2 Å². The van der Waals surface area contributed by atoms with E-state index < -0.39 is 0 Å². The first-order valence-electron chi connectivity index (χ1n) is 5.61. The molecule has 0 amide bonds. The molecule has 0 saturated carbocycles. The molecule has 0 aliphatic rings. The molecule has 4 nitrogen and oxygen atoms in total. The van der Waals surface area contributed by atoms with E-state index in [0.29, 0.717) is 6.54 Å². The number of aromatic nitrogens is 3. The number of pyridine rings is 1. The predicted octanol–water partition coefficient (Wildman–Crippen LogP) is 2.99. The van der Waals surface area contributed by atoms with Crippen LogP contribution in [0.5, 0.6) is 0 Å². The number of nitrogens with one attached hydrogen (secondary N) is 1. The predicted molar refractivity (Wildman–Crippen MR) is 71.8 cm³/mol. The van der Waals surface area contributed by atoms with Crippen LogP contribution >= 0.6 is 11.6 Å². The molecule has 0 bridgehead atoms. The second kappa shape index (κ2) is 4.66. The van der Waals surface area contributed by atoms with Crippen molar-refractivity contribution >= 4 is 22.9 Å². The van der Waals surface area contributed by atoms with Crippen molar-refractivity contribution in [2.24, 2.45) is 0 Å². The zero-order chi connectivity index (χ0) is 12.4. The summed E-state index contributed by atoms with van der Waals surface area (Å²) in [6, 6.07) is 13.4. The Labute approximate surface area is 109 Å². The first-order chi connectivity index (χ1) is 8.83. The average molecular weight is 259 g/mol. The van der Waals surface area contributed by atoms with Gasteiger partial charge in [-0.1, -0.05) is 17.7 Å². The Kier molecular flexibility index (Phi) is 2.86. The van der Waals surface area contributed by atoms with E-state index in [-0.39, 0.29) is 0 Å². The lowest BCUT2D eigenvalue weighted by Crippen LogP contribution is -2.03. The summed E-state index contributed by atoms with van der Waals surface area (Å²) in [6.45, 7) is 0.618. The summed E-state index contributed by atoms with van der Waals surface area (Å²) in [7, 11) is 0. The molecule has 1 N–H and O–H groups in total. The van der Waals surface area contributed by atoms with Crippen LogP contribution in [0, 0.1) is 0 Å². The molecule has 18 heavy (non-hydrogen) atoms. The fraction of sp³-hybridized carbons (Fsp3) is 0.0769. The van der Waals surface area contributed by atoms with Gasteiger partial charge in [-0.25, -0.2) is 0 Å². The third-order valence-electron chi connectivity index (χ3n) is 2.68. The van der Waals surface area contributed by atoms with Crippen LogP contribution in [0.25, 0.3) is 5.65 Å². The van der Waals surface area contributed by atoms with Crippen LogP contribution < -0.4 is 5.32 Å². The van der Waals surface area contributed by atoms with Gasteiger partial charge in [-0.05, 0) is 36.4 Å². The van der Waals surface area contributed by atoms with Crippen molar-refractivity contribution in [2.75, 3.05) is 5.32 Å². The van der Waals surface area contributed by atoms with Crippen LogP contribution in [-0.4, -0.2) is 14.6 Å². The van der Waals surface area contributed by atoms with E-state index >= 15 is 0 Å². The van der Waals surface area contributed by atoms with Crippen molar-refractivity contribution in [1.82, 2.24) is 14.6 Å². The van der Waals surface area contributed by atoms with E-state index in [9.17, 15) is 0 Å². The second-order valence-corrected chi connectivity index (χ2v) is 4.34. The second-order valence-electron chi connectivity index (χ2n) is 3.91. The van der Waals surface area contributed by atoms with Gasteiger partial charge in [0, 0.05) is 16.9 Å². The fourth-order valence-corrected chi connectivity index (χ4v) is 1.89. The molecule has 0 unspecified atom stereocenters. The van der Waals surface area contributed by atoms with Gasteiger partial charge in [-0.3, -0.25) is 4.40 Å². The van der Waals surface area contributed by atoms with Crippen LogP contribution in [0.3, 0.4) is 0 Å². The highest BCUT2D eigenvalue weighted by Crippen LogP contribution is 2.14. The molecule has 3 rings (SSSR count). The summed E-state index contributed by atoms with van der Waals surface area (Å²) >= 11 is 5.84. The molecule has 0 spiro atoms. The highest BCUT2D eigenvalue weighted by molar-refractivity contribution is 6.30. The summed E-state index contributed by atoms with van der Waals surface area (Å²) in [5.74, 6) is 0.876. The summed E-state index contributed by atoms with van der Waals surface area (Å²) in [6.07, 6.45) is 1.95. The quantitative estimate of drug-likeness (QED) is 0.785. The van der Waals surface area contributed by atoms with Gasteiger partial charge in [0.15, 0.2) is 11.5 Å². The van der Waals surface area contributed by atoms with Gasteiger partial charge in [-0.2, -0.15) is 0 Å². The molecular weight excluding hydrogens is 248 g/mol. The Morgan fingerprint density at radius 2 is 1.89 bits per heavy atom. The molecule has 90 valence electrons. The summed E-state index contributed by atoms with van der Waals surface area (Å²) < 4.78 is 1.96. The van der Waals surface area contributed by atoms with Crippen LogP contribution in [0.4, 0.5) is 5.69 Å². The highest BCUT2D eigenvalue weighted by Gasteiger charge is 2.03. The van der Waals surface area contributed by atoms with E-state index in [1.54, 1.807) is 0 Å². The van der Waals surface area contributed by atoms with Crippen molar-refractivity contribution in [3.05, 3.63) is 59.5 Å².